The van der Waals surface area contributed by atoms with Crippen LogP contribution in [0.4, 0.5) is 0 Å². The first-order valence-electron chi connectivity index (χ1n) is 5.39. The Morgan fingerprint density at radius 1 is 1.15 bits per heavy atom. The summed E-state index contributed by atoms with van der Waals surface area (Å²) in [6, 6.07) is 2.81. The molecule has 1 aromatic carbocycles. The van der Waals surface area contributed by atoms with Gasteiger partial charge in [-0.15, -0.1) is 0 Å². The van der Waals surface area contributed by atoms with Gasteiger partial charge in [-0.25, -0.2) is 4.79 Å². The summed E-state index contributed by atoms with van der Waals surface area (Å²) in [4.78, 5) is 22.4. The number of aliphatic hydroxyl groups excluding tert-OH is 1. The third-order valence-electron chi connectivity index (χ3n) is 2.40. The summed E-state index contributed by atoms with van der Waals surface area (Å²) in [5.74, 6) is -1.98. The number of hydrogen-bond donors (Lipinski definition) is 1. The Labute approximate surface area is 120 Å². The molecule has 1 N–H and O–H groups in total. The van der Waals surface area contributed by atoms with E-state index in [9.17, 15) is 14.7 Å². The van der Waals surface area contributed by atoms with Crippen molar-refractivity contribution < 1.29 is 28.9 Å². The number of ketones is 1. The number of benzene rings is 1. The van der Waals surface area contributed by atoms with Gasteiger partial charge in [-0.3, -0.25) is 4.79 Å². The van der Waals surface area contributed by atoms with Crippen LogP contribution in [-0.4, -0.2) is 38.2 Å². The van der Waals surface area contributed by atoms with E-state index in [1.165, 1.54) is 26.4 Å². The third-order valence-corrected chi connectivity index (χ3v) is 2.70. The highest BCUT2D eigenvalue weighted by atomic mass is 35.5. The number of rotatable bonds is 5. The van der Waals surface area contributed by atoms with E-state index >= 15 is 0 Å². The smallest absolute Gasteiger partial charge is 0.378 e. The number of hydrogen-bond acceptors (Lipinski definition) is 6. The summed E-state index contributed by atoms with van der Waals surface area (Å²) in [5, 5.41) is 10.1. The second kappa shape index (κ2) is 6.81. The van der Waals surface area contributed by atoms with E-state index in [1.54, 1.807) is 0 Å². The van der Waals surface area contributed by atoms with Crippen LogP contribution in [0.2, 0.25) is 5.02 Å². The Balaban J connectivity index is 3.25. The number of carbonyl (C=O) groups excluding carboxylic acids is 2. The molecular formula is C13H13ClO6. The lowest BCUT2D eigenvalue weighted by Gasteiger charge is -2.11. The molecule has 0 radical (unpaired) electrons. The number of ether oxygens (including phenoxy) is 3. The fourth-order valence-electron chi connectivity index (χ4n) is 1.42. The predicted molar refractivity (Wildman–Crippen MR) is 72.2 cm³/mol. The minimum atomic E-state index is -1.09. The minimum Gasteiger partial charge on any atom is -0.507 e. The van der Waals surface area contributed by atoms with Gasteiger partial charge in [-0.2, -0.15) is 0 Å². The highest BCUT2D eigenvalue weighted by Gasteiger charge is 2.17. The lowest BCUT2D eigenvalue weighted by molar-refractivity contribution is -0.149. The molecule has 1 aromatic rings. The second-order valence-corrected chi connectivity index (χ2v) is 3.98. The van der Waals surface area contributed by atoms with E-state index in [0.29, 0.717) is 5.75 Å². The average molecular weight is 301 g/mol. The molecule has 0 aliphatic heterocycles. The summed E-state index contributed by atoms with van der Waals surface area (Å²) in [6.07, 6.45) is 0.729. The Bertz CT molecular complexity index is 564. The molecule has 0 saturated heterocycles. The van der Waals surface area contributed by atoms with Gasteiger partial charge in [-0.1, -0.05) is 11.6 Å². The maximum absolute atomic E-state index is 11.4. The Morgan fingerprint density at radius 3 is 2.25 bits per heavy atom. The number of methoxy groups -OCH3 is 3. The lowest BCUT2D eigenvalue weighted by atomic mass is 10.1. The van der Waals surface area contributed by atoms with E-state index in [2.05, 4.69) is 4.74 Å². The molecule has 0 saturated carbocycles. The average Bonchev–Trinajstić information content (AvgIpc) is 2.45. The van der Waals surface area contributed by atoms with Crippen molar-refractivity contribution in [2.75, 3.05) is 21.3 Å². The number of aliphatic hydroxyl groups is 1. The van der Waals surface area contributed by atoms with Gasteiger partial charge in [0.1, 0.15) is 17.3 Å². The molecule has 0 spiro atoms. The van der Waals surface area contributed by atoms with E-state index in [-0.39, 0.29) is 16.3 Å². The van der Waals surface area contributed by atoms with Crippen molar-refractivity contribution in [2.45, 2.75) is 0 Å². The molecule has 6 nitrogen and oxygen atoms in total. The van der Waals surface area contributed by atoms with Crippen molar-refractivity contribution >= 4 is 29.1 Å². The molecule has 1 rings (SSSR count). The van der Waals surface area contributed by atoms with Gasteiger partial charge in [-0.05, 0) is 6.07 Å². The summed E-state index contributed by atoms with van der Waals surface area (Å²) >= 11 is 5.93. The number of carbonyl (C=O) groups is 2. The zero-order valence-electron chi connectivity index (χ0n) is 11.1. The fourth-order valence-corrected chi connectivity index (χ4v) is 1.66. The second-order valence-electron chi connectivity index (χ2n) is 3.57. The standard InChI is InChI=1S/C13H13ClO6/c1-18-11-6-12(19-2)8(14)4-7(11)9(15)5-10(16)13(17)20-3/h4-6,15H,1-3H3. The van der Waals surface area contributed by atoms with Crippen molar-refractivity contribution in [2.24, 2.45) is 0 Å². The quantitative estimate of drug-likeness (QED) is 0.388. The van der Waals surface area contributed by atoms with E-state index in [1.807, 2.05) is 0 Å². The van der Waals surface area contributed by atoms with Crippen LogP contribution in [0, 0.1) is 0 Å². The Hall–Kier alpha value is -2.21. The van der Waals surface area contributed by atoms with Crippen LogP contribution in [0.1, 0.15) is 5.56 Å². The number of esters is 1. The van der Waals surface area contributed by atoms with Crippen molar-refractivity contribution in [1.82, 2.24) is 0 Å². The zero-order chi connectivity index (χ0) is 15.3. The highest BCUT2D eigenvalue weighted by molar-refractivity contribution is 6.39. The minimum absolute atomic E-state index is 0.149. The summed E-state index contributed by atoms with van der Waals surface area (Å²) in [5.41, 5.74) is 0.149. The van der Waals surface area contributed by atoms with Gasteiger partial charge >= 0.3 is 5.97 Å². The number of halogens is 1. The van der Waals surface area contributed by atoms with Crippen molar-refractivity contribution in [3.63, 3.8) is 0 Å². The maximum atomic E-state index is 11.4. The molecule has 0 bridgehead atoms. The van der Waals surface area contributed by atoms with Crippen LogP contribution >= 0.6 is 11.6 Å². The molecule has 0 fully saturated rings. The molecule has 0 unspecified atom stereocenters. The van der Waals surface area contributed by atoms with Gasteiger partial charge < -0.3 is 19.3 Å². The lowest BCUT2D eigenvalue weighted by Crippen LogP contribution is -2.13. The Morgan fingerprint density at radius 2 is 1.75 bits per heavy atom. The Kier molecular flexibility index (Phi) is 5.40. The molecule has 0 aromatic heterocycles. The zero-order valence-corrected chi connectivity index (χ0v) is 11.9. The monoisotopic (exact) mass is 300 g/mol. The van der Waals surface area contributed by atoms with Crippen LogP contribution in [0.25, 0.3) is 5.76 Å². The van der Waals surface area contributed by atoms with E-state index in [4.69, 9.17) is 21.1 Å². The summed E-state index contributed by atoms with van der Waals surface area (Å²) in [6.45, 7) is 0. The van der Waals surface area contributed by atoms with E-state index < -0.39 is 17.5 Å². The van der Waals surface area contributed by atoms with Crippen LogP contribution in [0.3, 0.4) is 0 Å². The first kappa shape index (κ1) is 15.8. The first-order chi connectivity index (χ1) is 9.44. The predicted octanol–water partition coefficient (Wildman–Crippen LogP) is 2.00. The van der Waals surface area contributed by atoms with Gasteiger partial charge in [0.15, 0.2) is 0 Å². The SMILES string of the molecule is COC(=O)C(=O)C=C(O)c1cc(Cl)c(OC)cc1OC. The molecule has 0 aliphatic carbocycles. The van der Waals surface area contributed by atoms with Crippen molar-refractivity contribution in [1.29, 1.82) is 0 Å². The van der Waals surface area contributed by atoms with Crippen LogP contribution in [0.15, 0.2) is 18.2 Å². The van der Waals surface area contributed by atoms with Crippen molar-refractivity contribution in [3.05, 3.63) is 28.8 Å². The molecule has 0 amide bonds. The maximum Gasteiger partial charge on any atom is 0.378 e. The molecule has 7 heteroatoms. The topological polar surface area (TPSA) is 82.1 Å². The van der Waals surface area contributed by atoms with Crippen molar-refractivity contribution in [3.8, 4) is 11.5 Å². The van der Waals surface area contributed by atoms with Crippen LogP contribution in [-0.2, 0) is 14.3 Å². The van der Waals surface area contributed by atoms with Gasteiger partial charge in [0.05, 0.1) is 31.9 Å². The highest BCUT2D eigenvalue weighted by Crippen LogP contribution is 2.35. The normalized spacial score (nSPS) is 10.9. The molecule has 108 valence electrons. The summed E-state index contributed by atoms with van der Waals surface area (Å²) < 4.78 is 14.3. The van der Waals surface area contributed by atoms with Gasteiger partial charge in [0.25, 0.3) is 5.78 Å². The van der Waals surface area contributed by atoms with Gasteiger partial charge in [0.2, 0.25) is 0 Å². The largest absolute Gasteiger partial charge is 0.507 e. The molecule has 20 heavy (non-hydrogen) atoms. The van der Waals surface area contributed by atoms with E-state index in [0.717, 1.165) is 13.2 Å². The van der Waals surface area contributed by atoms with Gasteiger partial charge in [0, 0.05) is 12.1 Å². The van der Waals surface area contributed by atoms with Crippen LogP contribution in [0.5, 0.6) is 11.5 Å². The molecule has 0 aliphatic rings. The third kappa shape index (κ3) is 3.42. The molecule has 0 heterocycles. The fraction of sp³-hybridized carbons (Fsp3) is 0.231. The van der Waals surface area contributed by atoms with Crippen LogP contribution < -0.4 is 9.47 Å². The molecule has 0 atom stereocenters. The summed E-state index contributed by atoms with van der Waals surface area (Å²) in [7, 11) is 3.87. The molecular weight excluding hydrogens is 288 g/mol. The first-order valence-corrected chi connectivity index (χ1v) is 5.77.